The Kier molecular flexibility index (Phi) is 4.37. The summed E-state index contributed by atoms with van der Waals surface area (Å²) in [7, 11) is -5.82. The van der Waals surface area contributed by atoms with Gasteiger partial charge in [-0.15, -0.1) is 0 Å². The van der Waals surface area contributed by atoms with Gasteiger partial charge in [0.15, 0.2) is 0 Å². The predicted octanol–water partition coefficient (Wildman–Crippen LogP) is 2.29. The van der Waals surface area contributed by atoms with Gasteiger partial charge in [0.1, 0.15) is 6.61 Å². The molecule has 0 heterocycles. The van der Waals surface area contributed by atoms with E-state index in [2.05, 4.69) is 0 Å². The van der Waals surface area contributed by atoms with Crippen LogP contribution in [0.15, 0.2) is 0 Å². The van der Waals surface area contributed by atoms with E-state index in [0.717, 1.165) is 38.5 Å². The molecule has 4 aliphatic carbocycles. The number of hydrogen-bond acceptors (Lipinski definition) is 5. The van der Waals surface area contributed by atoms with Crippen molar-refractivity contribution in [3.05, 3.63) is 0 Å². The third-order valence-electron chi connectivity index (χ3n) is 5.56. The molecule has 0 radical (unpaired) electrons. The normalized spacial score (nSPS) is 35.5. The fourth-order valence-electron chi connectivity index (χ4n) is 4.97. The summed E-state index contributed by atoms with van der Waals surface area (Å²) < 4.78 is 63.0. The minimum absolute atomic E-state index is 0.473. The van der Waals surface area contributed by atoms with E-state index in [-0.39, 0.29) is 0 Å². The number of alkyl halides is 3. The highest BCUT2D eigenvalue weighted by molar-refractivity contribution is 7.89. The van der Waals surface area contributed by atoms with E-state index in [1.165, 1.54) is 0 Å². The maximum absolute atomic E-state index is 12.4. The van der Waals surface area contributed by atoms with Crippen molar-refractivity contribution < 1.29 is 36.3 Å². The van der Waals surface area contributed by atoms with Crippen LogP contribution in [-0.4, -0.2) is 42.7 Å². The van der Waals surface area contributed by atoms with Crippen LogP contribution in [0.2, 0.25) is 0 Å². The molecule has 0 unspecified atom stereocenters. The zero-order valence-electron chi connectivity index (χ0n) is 13.0. The van der Waals surface area contributed by atoms with Gasteiger partial charge in [0.25, 0.3) is 0 Å². The van der Waals surface area contributed by atoms with Crippen molar-refractivity contribution in [2.75, 3.05) is 13.2 Å². The maximum Gasteiger partial charge on any atom is 0.513 e. The number of ether oxygens (including phenoxy) is 1. The molecule has 0 amide bonds. The summed E-state index contributed by atoms with van der Waals surface area (Å²) in [6, 6.07) is 0. The summed E-state index contributed by atoms with van der Waals surface area (Å²) in [6.45, 7) is -1.55. The van der Waals surface area contributed by atoms with Crippen molar-refractivity contribution in [1.29, 1.82) is 0 Å². The van der Waals surface area contributed by atoms with Crippen molar-refractivity contribution in [2.45, 2.75) is 44.0 Å². The van der Waals surface area contributed by atoms with Crippen molar-refractivity contribution in [3.63, 3.8) is 0 Å². The molecule has 0 aromatic carbocycles. The highest BCUT2D eigenvalue weighted by Crippen LogP contribution is 2.60. The fraction of sp³-hybridized carbons (Fsp3) is 0.929. The zero-order valence-corrected chi connectivity index (χ0v) is 13.8. The van der Waals surface area contributed by atoms with Gasteiger partial charge in [-0.3, -0.25) is 10.0 Å². The first-order valence-electron chi connectivity index (χ1n) is 7.99. The van der Waals surface area contributed by atoms with E-state index in [4.69, 9.17) is 9.94 Å². The molecule has 0 aliphatic heterocycles. The Balaban J connectivity index is 1.55. The molecule has 0 spiro atoms. The van der Waals surface area contributed by atoms with Gasteiger partial charge in [-0.05, 0) is 56.3 Å². The second-order valence-corrected chi connectivity index (χ2v) is 9.16. The van der Waals surface area contributed by atoms with Gasteiger partial charge in [-0.2, -0.15) is 13.2 Å². The molecule has 0 atom stereocenters. The third-order valence-corrected chi connectivity index (χ3v) is 6.88. The summed E-state index contributed by atoms with van der Waals surface area (Å²) in [4.78, 5) is 12.4. The number of hydroxylamine groups is 1. The number of hydrogen-bond donors (Lipinski definition) is 1. The highest BCUT2D eigenvalue weighted by atomic mass is 32.2. The molecular formula is C14H20F3NO5S. The molecule has 4 bridgehead atoms. The van der Waals surface area contributed by atoms with E-state index in [9.17, 15) is 26.4 Å². The van der Waals surface area contributed by atoms with Crippen molar-refractivity contribution in [1.82, 2.24) is 4.47 Å². The SMILES string of the molecule is O=C(OCCN(O)S(=O)(=O)C(F)(F)F)C12CC3CC(CC(C3)C1)C2. The first kappa shape index (κ1) is 17.9. The van der Waals surface area contributed by atoms with Crippen LogP contribution < -0.4 is 0 Å². The summed E-state index contributed by atoms with van der Waals surface area (Å²) >= 11 is 0. The molecule has 138 valence electrons. The number of esters is 1. The number of carbonyl (C=O) groups excluding carboxylic acids is 1. The summed E-state index contributed by atoms with van der Waals surface area (Å²) in [6.07, 6.45) is 5.59. The zero-order chi connectivity index (χ0) is 17.8. The molecule has 10 heteroatoms. The average Bonchev–Trinajstić information content (AvgIpc) is 2.44. The lowest BCUT2D eigenvalue weighted by atomic mass is 9.49. The first-order valence-corrected chi connectivity index (χ1v) is 9.43. The number of sulfonamides is 1. The standard InChI is InChI=1S/C14H20F3NO5S/c15-14(16,17)24(21,22)18(20)1-2-23-12(19)13-6-9-3-10(7-13)5-11(4-9)8-13/h9-11,20H,1-8H2. The summed E-state index contributed by atoms with van der Waals surface area (Å²) in [5, 5.41) is 9.09. The largest absolute Gasteiger partial charge is 0.513 e. The molecule has 1 N–H and O–H groups in total. The molecule has 0 saturated heterocycles. The van der Waals surface area contributed by atoms with Gasteiger partial charge in [-0.25, -0.2) is 8.42 Å². The minimum atomic E-state index is -5.82. The summed E-state index contributed by atoms with van der Waals surface area (Å²) in [5.41, 5.74) is -6.16. The highest BCUT2D eigenvalue weighted by Gasteiger charge is 2.55. The predicted molar refractivity (Wildman–Crippen MR) is 75.0 cm³/mol. The van der Waals surface area contributed by atoms with Crippen LogP contribution in [0.5, 0.6) is 0 Å². The van der Waals surface area contributed by atoms with E-state index in [1.54, 1.807) is 0 Å². The Morgan fingerprint density at radius 3 is 2.00 bits per heavy atom. The van der Waals surface area contributed by atoms with Gasteiger partial charge in [0, 0.05) is 0 Å². The summed E-state index contributed by atoms with van der Waals surface area (Å²) in [5.74, 6) is 1.04. The number of halogens is 3. The molecule has 4 saturated carbocycles. The minimum Gasteiger partial charge on any atom is -0.464 e. The molecule has 4 fully saturated rings. The van der Waals surface area contributed by atoms with Gasteiger partial charge in [0.2, 0.25) is 0 Å². The maximum atomic E-state index is 12.4. The average molecular weight is 371 g/mol. The van der Waals surface area contributed by atoms with Gasteiger partial charge in [-0.1, -0.05) is 4.47 Å². The Morgan fingerprint density at radius 1 is 1.12 bits per heavy atom. The molecule has 0 aromatic rings. The van der Waals surface area contributed by atoms with Crippen LogP contribution >= 0.6 is 0 Å². The van der Waals surface area contributed by atoms with Crippen molar-refractivity contribution >= 4 is 16.0 Å². The lowest BCUT2D eigenvalue weighted by molar-refractivity contribution is -0.173. The molecule has 0 aromatic heterocycles. The molecule has 24 heavy (non-hydrogen) atoms. The van der Waals surface area contributed by atoms with E-state index >= 15 is 0 Å². The number of nitrogens with zero attached hydrogens (tertiary/aromatic N) is 1. The van der Waals surface area contributed by atoms with Crippen molar-refractivity contribution in [3.8, 4) is 0 Å². The van der Waals surface area contributed by atoms with Crippen LogP contribution in [0.1, 0.15) is 38.5 Å². The molecule has 4 rings (SSSR count). The second kappa shape index (κ2) is 5.84. The van der Waals surface area contributed by atoms with Crippen LogP contribution in [-0.2, 0) is 19.6 Å². The lowest BCUT2D eigenvalue weighted by Crippen LogP contribution is -2.51. The van der Waals surface area contributed by atoms with E-state index in [0.29, 0.717) is 17.8 Å². The Hall–Kier alpha value is -0.870. The molecular weight excluding hydrogens is 351 g/mol. The number of rotatable bonds is 5. The quantitative estimate of drug-likeness (QED) is 0.592. The van der Waals surface area contributed by atoms with Gasteiger partial charge in [0.05, 0.1) is 12.0 Å². The second-order valence-electron chi connectivity index (χ2n) is 7.33. The Bertz CT molecular complexity index is 583. The number of carbonyl (C=O) groups is 1. The van der Waals surface area contributed by atoms with Crippen LogP contribution in [0, 0.1) is 23.2 Å². The van der Waals surface area contributed by atoms with Crippen molar-refractivity contribution in [2.24, 2.45) is 23.2 Å². The fourth-order valence-corrected chi connectivity index (χ4v) is 5.52. The lowest BCUT2D eigenvalue weighted by Gasteiger charge is -2.55. The van der Waals surface area contributed by atoms with Crippen LogP contribution in [0.3, 0.4) is 0 Å². The molecule has 6 nitrogen and oxygen atoms in total. The topological polar surface area (TPSA) is 83.9 Å². The molecule has 4 aliphatic rings. The first-order chi connectivity index (χ1) is 11.0. The smallest absolute Gasteiger partial charge is 0.464 e. The van der Waals surface area contributed by atoms with Crippen LogP contribution in [0.4, 0.5) is 13.2 Å². The Labute approximate surface area is 138 Å². The monoisotopic (exact) mass is 371 g/mol. The van der Waals surface area contributed by atoms with Gasteiger partial charge >= 0.3 is 21.5 Å². The van der Waals surface area contributed by atoms with Gasteiger partial charge < -0.3 is 4.74 Å². The van der Waals surface area contributed by atoms with Crippen LogP contribution in [0.25, 0.3) is 0 Å². The van der Waals surface area contributed by atoms with E-state index < -0.39 is 44.5 Å². The third kappa shape index (κ3) is 3.03. The Morgan fingerprint density at radius 2 is 1.58 bits per heavy atom. The van der Waals surface area contributed by atoms with E-state index in [1.807, 2.05) is 0 Å².